The van der Waals surface area contributed by atoms with E-state index >= 15 is 0 Å². The van der Waals surface area contributed by atoms with Crippen LogP contribution in [0.25, 0.3) is 0 Å². The van der Waals surface area contributed by atoms with E-state index in [4.69, 9.17) is 14.2 Å². The van der Waals surface area contributed by atoms with Gasteiger partial charge in [-0.1, -0.05) is 20.8 Å². The fraction of sp³-hybridized carbons (Fsp3) is 0.852. The predicted octanol–water partition coefficient (Wildman–Crippen LogP) is 4.36. The summed E-state index contributed by atoms with van der Waals surface area (Å²) in [5.74, 6) is 0.365. The van der Waals surface area contributed by atoms with Crippen molar-refractivity contribution in [1.82, 2.24) is 0 Å². The standard InChI is InChI=1S/C27H42O7/c1-16(7-12-23(29)32-4)18-10-11-19-17-8-9-20(25(31)34-6)26(2,14-13-24(30)33-5)21(17)15-22(28)27(18,19)3/h16-21H,7-15H2,1-6H3/t16-,17?,18?,19?,20?,21?,26?,27?/m1/s1. The van der Waals surface area contributed by atoms with Crippen molar-refractivity contribution in [2.75, 3.05) is 21.3 Å². The molecule has 3 fully saturated rings. The largest absolute Gasteiger partial charge is 0.469 e. The maximum atomic E-state index is 13.9. The highest BCUT2D eigenvalue weighted by atomic mass is 16.5. The summed E-state index contributed by atoms with van der Waals surface area (Å²) in [6.07, 6.45) is 5.87. The van der Waals surface area contributed by atoms with Crippen LogP contribution in [0, 0.1) is 46.3 Å². The van der Waals surface area contributed by atoms with E-state index in [1.54, 1.807) is 0 Å². The van der Waals surface area contributed by atoms with Crippen molar-refractivity contribution in [2.24, 2.45) is 46.3 Å². The molecule has 7 nitrogen and oxygen atoms in total. The second kappa shape index (κ2) is 10.4. The van der Waals surface area contributed by atoms with Crippen molar-refractivity contribution in [3.05, 3.63) is 0 Å². The van der Waals surface area contributed by atoms with Crippen LogP contribution in [0.15, 0.2) is 0 Å². The molecule has 0 bridgehead atoms. The Balaban J connectivity index is 1.87. The molecule has 192 valence electrons. The molecule has 34 heavy (non-hydrogen) atoms. The van der Waals surface area contributed by atoms with Crippen LogP contribution >= 0.6 is 0 Å². The van der Waals surface area contributed by atoms with Gasteiger partial charge in [0.2, 0.25) is 0 Å². The third-order valence-corrected chi connectivity index (χ3v) is 10.1. The van der Waals surface area contributed by atoms with E-state index in [-0.39, 0.29) is 59.7 Å². The highest BCUT2D eigenvalue weighted by molar-refractivity contribution is 5.87. The van der Waals surface area contributed by atoms with Gasteiger partial charge < -0.3 is 14.2 Å². The zero-order valence-corrected chi connectivity index (χ0v) is 21.7. The minimum atomic E-state index is -0.490. The maximum Gasteiger partial charge on any atom is 0.309 e. The van der Waals surface area contributed by atoms with Gasteiger partial charge in [-0.2, -0.15) is 0 Å². The Hall–Kier alpha value is -1.92. The number of ether oxygens (including phenoxy) is 3. The summed E-state index contributed by atoms with van der Waals surface area (Å²) in [5.41, 5.74) is -0.895. The molecular weight excluding hydrogens is 436 g/mol. The summed E-state index contributed by atoms with van der Waals surface area (Å²) in [6, 6.07) is 0. The summed E-state index contributed by atoms with van der Waals surface area (Å²) in [7, 11) is 4.20. The fourth-order valence-electron chi connectivity index (χ4n) is 8.12. The van der Waals surface area contributed by atoms with Crippen LogP contribution in [-0.4, -0.2) is 45.0 Å². The van der Waals surface area contributed by atoms with Crippen molar-refractivity contribution in [2.45, 2.75) is 78.6 Å². The van der Waals surface area contributed by atoms with Crippen LogP contribution < -0.4 is 0 Å². The summed E-state index contributed by atoms with van der Waals surface area (Å²) >= 11 is 0. The Labute approximate surface area is 203 Å². The van der Waals surface area contributed by atoms with Crippen molar-refractivity contribution >= 4 is 23.7 Å². The minimum absolute atomic E-state index is 0.0460. The zero-order chi connectivity index (χ0) is 25.3. The van der Waals surface area contributed by atoms with Crippen molar-refractivity contribution in [1.29, 1.82) is 0 Å². The molecule has 0 radical (unpaired) electrons. The SMILES string of the molecule is COC(=O)CC[C@@H](C)C1CCC2C3CCC(C(=O)OC)C(C)(CCC(=O)OC)C3CC(=O)C21C. The molecule has 0 spiro atoms. The van der Waals surface area contributed by atoms with Crippen LogP contribution in [-0.2, 0) is 33.4 Å². The summed E-state index contributed by atoms with van der Waals surface area (Å²) in [5, 5.41) is 0. The first-order valence-corrected chi connectivity index (χ1v) is 12.8. The van der Waals surface area contributed by atoms with E-state index in [0.29, 0.717) is 25.2 Å². The number of methoxy groups -OCH3 is 3. The zero-order valence-electron chi connectivity index (χ0n) is 21.7. The van der Waals surface area contributed by atoms with E-state index in [0.717, 1.165) is 32.1 Å². The van der Waals surface area contributed by atoms with E-state index in [1.807, 2.05) is 0 Å². The molecule has 0 aromatic carbocycles. The van der Waals surface area contributed by atoms with E-state index in [1.165, 1.54) is 21.3 Å². The number of ketones is 1. The number of carbonyl (C=O) groups excluding carboxylic acids is 4. The first kappa shape index (κ1) is 26.7. The smallest absolute Gasteiger partial charge is 0.309 e. The summed E-state index contributed by atoms with van der Waals surface area (Å²) < 4.78 is 14.9. The molecule has 0 saturated heterocycles. The predicted molar refractivity (Wildman–Crippen MR) is 125 cm³/mol. The van der Waals surface area contributed by atoms with Gasteiger partial charge >= 0.3 is 17.9 Å². The molecule has 0 aromatic rings. The Morgan fingerprint density at radius 2 is 1.56 bits per heavy atom. The monoisotopic (exact) mass is 478 g/mol. The van der Waals surface area contributed by atoms with E-state index in [2.05, 4.69) is 20.8 Å². The van der Waals surface area contributed by atoms with Gasteiger partial charge in [-0.25, -0.2) is 0 Å². The molecule has 3 saturated carbocycles. The Morgan fingerprint density at radius 3 is 2.18 bits per heavy atom. The molecule has 0 heterocycles. The molecule has 7 unspecified atom stereocenters. The van der Waals surface area contributed by atoms with Gasteiger partial charge in [0.15, 0.2) is 0 Å². The van der Waals surface area contributed by atoms with Gasteiger partial charge in [-0.3, -0.25) is 19.2 Å². The molecule has 7 heteroatoms. The van der Waals surface area contributed by atoms with Crippen LogP contribution in [0.3, 0.4) is 0 Å². The van der Waals surface area contributed by atoms with E-state index in [9.17, 15) is 19.2 Å². The second-order valence-electron chi connectivity index (χ2n) is 11.3. The first-order valence-electron chi connectivity index (χ1n) is 12.8. The van der Waals surface area contributed by atoms with Gasteiger partial charge in [0, 0.05) is 24.7 Å². The number of carbonyl (C=O) groups is 4. The highest BCUT2D eigenvalue weighted by Gasteiger charge is 2.64. The Bertz CT molecular complexity index is 807. The number of fused-ring (bicyclic) bond motifs is 3. The van der Waals surface area contributed by atoms with Gasteiger partial charge in [0.05, 0.1) is 27.2 Å². The Kier molecular flexibility index (Phi) is 8.14. The quantitative estimate of drug-likeness (QED) is 0.378. The molecule has 3 aliphatic rings. The van der Waals surface area contributed by atoms with Gasteiger partial charge in [-0.05, 0) is 73.5 Å². The van der Waals surface area contributed by atoms with Crippen LogP contribution in [0.5, 0.6) is 0 Å². The first-order chi connectivity index (χ1) is 16.0. The lowest BCUT2D eigenvalue weighted by Gasteiger charge is -2.58. The summed E-state index contributed by atoms with van der Waals surface area (Å²) in [4.78, 5) is 50.4. The lowest BCUT2D eigenvalue weighted by Crippen LogP contribution is -2.57. The molecule has 3 rings (SSSR count). The highest BCUT2D eigenvalue weighted by Crippen LogP contribution is 2.66. The summed E-state index contributed by atoms with van der Waals surface area (Å²) in [6.45, 7) is 6.39. The third-order valence-electron chi connectivity index (χ3n) is 10.1. The Morgan fingerprint density at radius 1 is 0.912 bits per heavy atom. The van der Waals surface area contributed by atoms with Crippen molar-refractivity contribution in [3.63, 3.8) is 0 Å². The van der Waals surface area contributed by atoms with Gasteiger partial charge in [0.1, 0.15) is 5.78 Å². The maximum absolute atomic E-state index is 13.9. The van der Waals surface area contributed by atoms with Crippen LogP contribution in [0.2, 0.25) is 0 Å². The lowest BCUT2D eigenvalue weighted by molar-refractivity contribution is -0.171. The second-order valence-corrected chi connectivity index (χ2v) is 11.3. The van der Waals surface area contributed by atoms with Crippen LogP contribution in [0.1, 0.15) is 78.6 Å². The number of hydrogen-bond donors (Lipinski definition) is 0. The van der Waals surface area contributed by atoms with Crippen LogP contribution in [0.4, 0.5) is 0 Å². The molecule has 3 aliphatic carbocycles. The third kappa shape index (κ3) is 4.51. The molecule has 0 N–H and O–H groups in total. The molecular formula is C27H42O7. The average molecular weight is 479 g/mol. The lowest BCUT2D eigenvalue weighted by atomic mass is 9.45. The normalized spacial score (nSPS) is 37.8. The number of Topliss-reactive ketones (excluding diaryl/α,β-unsaturated/α-hetero) is 1. The average Bonchev–Trinajstić information content (AvgIpc) is 3.20. The molecule has 8 atom stereocenters. The molecule has 0 aliphatic heterocycles. The minimum Gasteiger partial charge on any atom is -0.469 e. The van der Waals surface area contributed by atoms with E-state index < -0.39 is 10.8 Å². The molecule has 0 aromatic heterocycles. The molecule has 0 amide bonds. The number of rotatable bonds is 8. The number of hydrogen-bond acceptors (Lipinski definition) is 7. The number of esters is 3. The van der Waals surface area contributed by atoms with Gasteiger partial charge in [-0.15, -0.1) is 0 Å². The van der Waals surface area contributed by atoms with Crippen molar-refractivity contribution < 1.29 is 33.4 Å². The topological polar surface area (TPSA) is 96.0 Å². The van der Waals surface area contributed by atoms with Gasteiger partial charge in [0.25, 0.3) is 0 Å². The van der Waals surface area contributed by atoms with Crippen molar-refractivity contribution in [3.8, 4) is 0 Å². The fourth-order valence-corrected chi connectivity index (χ4v) is 8.12.